The van der Waals surface area contributed by atoms with Crippen LogP contribution in [0.2, 0.25) is 0 Å². The minimum absolute atomic E-state index is 0.401. The summed E-state index contributed by atoms with van der Waals surface area (Å²) in [5.74, 6) is 6.87. The van der Waals surface area contributed by atoms with Crippen molar-refractivity contribution in [3.63, 3.8) is 0 Å². The maximum Gasteiger partial charge on any atom is 0.136 e. The van der Waals surface area contributed by atoms with Gasteiger partial charge in [-0.05, 0) is 31.9 Å². The minimum Gasteiger partial charge on any atom is -0.488 e. The van der Waals surface area contributed by atoms with Gasteiger partial charge in [0.05, 0.1) is 23.6 Å². The largest absolute Gasteiger partial charge is 0.488 e. The number of benzene rings is 1. The smallest absolute Gasteiger partial charge is 0.136 e. The summed E-state index contributed by atoms with van der Waals surface area (Å²) >= 11 is 0. The van der Waals surface area contributed by atoms with Gasteiger partial charge in [0, 0.05) is 24.4 Å². The molecule has 3 nitrogen and oxygen atoms in total. The molecule has 24 heavy (non-hydrogen) atoms. The van der Waals surface area contributed by atoms with Crippen LogP contribution in [0.5, 0.6) is 5.75 Å². The summed E-state index contributed by atoms with van der Waals surface area (Å²) in [4.78, 5) is 8.37. The Morgan fingerprint density at radius 3 is 2.96 bits per heavy atom. The molecule has 0 fully saturated rings. The van der Waals surface area contributed by atoms with Gasteiger partial charge in [0.15, 0.2) is 0 Å². The first-order valence-corrected chi connectivity index (χ1v) is 7.97. The van der Waals surface area contributed by atoms with Gasteiger partial charge >= 0.3 is 0 Å². The maximum absolute atomic E-state index is 12.8. The molecule has 1 atom stereocenters. The van der Waals surface area contributed by atoms with E-state index in [0.29, 0.717) is 25.2 Å². The van der Waals surface area contributed by atoms with Crippen LogP contribution in [0.4, 0.5) is 4.39 Å². The Hall–Kier alpha value is -2.67. The zero-order valence-electron chi connectivity index (χ0n) is 13.8. The number of hydrogen-bond acceptors (Lipinski definition) is 3. The van der Waals surface area contributed by atoms with Crippen LogP contribution in [0, 0.1) is 11.8 Å². The lowest BCUT2D eigenvalue weighted by Crippen LogP contribution is -1.96. The Kier molecular flexibility index (Phi) is 6.97. The summed E-state index contributed by atoms with van der Waals surface area (Å²) in [5.41, 5.74) is 2.49. The van der Waals surface area contributed by atoms with E-state index < -0.39 is 6.17 Å². The molecule has 0 aliphatic heterocycles. The fourth-order valence-electron chi connectivity index (χ4n) is 2.13. The van der Waals surface area contributed by atoms with E-state index >= 15 is 0 Å². The number of halogens is 1. The Morgan fingerprint density at radius 2 is 2.25 bits per heavy atom. The number of aromatic nitrogens is 2. The topological polar surface area (TPSA) is 35.0 Å². The van der Waals surface area contributed by atoms with E-state index in [0.717, 1.165) is 23.2 Å². The van der Waals surface area contributed by atoms with Crippen molar-refractivity contribution in [3.8, 4) is 28.8 Å². The van der Waals surface area contributed by atoms with Crippen molar-refractivity contribution < 1.29 is 9.13 Å². The van der Waals surface area contributed by atoms with Gasteiger partial charge in [0.1, 0.15) is 12.4 Å². The summed E-state index contributed by atoms with van der Waals surface area (Å²) in [6.07, 6.45) is 7.87. The Bertz CT molecular complexity index is 717. The SMILES string of the molecule is C=CCOc1cc(-c2cnccn2)ccc1C#CCCCC(C)F. The van der Waals surface area contributed by atoms with Crippen LogP contribution in [0.3, 0.4) is 0 Å². The van der Waals surface area contributed by atoms with Crippen molar-refractivity contribution in [1.29, 1.82) is 0 Å². The van der Waals surface area contributed by atoms with Gasteiger partial charge in [-0.2, -0.15) is 0 Å². The fourth-order valence-corrected chi connectivity index (χ4v) is 2.13. The molecule has 0 N–H and O–H groups in total. The standard InChI is InChI=1S/C20H21FN2O/c1-3-13-24-20-14-18(19-15-22-11-12-23-19)10-9-17(20)8-6-4-5-7-16(2)21/h3,9-12,14-16H,1,4-5,7,13H2,2H3. The van der Waals surface area contributed by atoms with E-state index in [9.17, 15) is 4.39 Å². The molecule has 1 aromatic carbocycles. The van der Waals surface area contributed by atoms with Gasteiger partial charge < -0.3 is 4.74 Å². The van der Waals surface area contributed by atoms with Crippen LogP contribution in [0.15, 0.2) is 49.4 Å². The highest BCUT2D eigenvalue weighted by Crippen LogP contribution is 2.25. The lowest BCUT2D eigenvalue weighted by molar-refractivity contribution is 0.336. The van der Waals surface area contributed by atoms with Crippen molar-refractivity contribution in [3.05, 3.63) is 55.0 Å². The molecule has 0 saturated carbocycles. The van der Waals surface area contributed by atoms with Crippen LogP contribution >= 0.6 is 0 Å². The fraction of sp³-hybridized carbons (Fsp3) is 0.300. The number of alkyl halides is 1. The second-order valence-electron chi connectivity index (χ2n) is 5.38. The maximum atomic E-state index is 12.8. The van der Waals surface area contributed by atoms with E-state index in [1.54, 1.807) is 31.6 Å². The number of nitrogens with zero attached hydrogens (tertiary/aromatic N) is 2. The average molecular weight is 324 g/mol. The molecule has 0 bridgehead atoms. The van der Waals surface area contributed by atoms with E-state index in [1.165, 1.54) is 0 Å². The summed E-state index contributed by atoms with van der Waals surface area (Å²) in [7, 11) is 0. The van der Waals surface area contributed by atoms with Gasteiger partial charge in [-0.15, -0.1) is 0 Å². The minimum atomic E-state index is -0.774. The molecule has 4 heteroatoms. The summed E-state index contributed by atoms with van der Waals surface area (Å²) in [5, 5.41) is 0. The third kappa shape index (κ3) is 5.51. The van der Waals surface area contributed by atoms with Crippen molar-refractivity contribution in [2.75, 3.05) is 6.61 Å². The third-order valence-corrected chi connectivity index (χ3v) is 3.32. The quantitative estimate of drug-likeness (QED) is 0.424. The first kappa shape index (κ1) is 17.7. The molecule has 124 valence electrons. The summed E-state index contributed by atoms with van der Waals surface area (Å²) < 4.78 is 18.5. The molecule has 2 rings (SSSR count). The van der Waals surface area contributed by atoms with E-state index in [-0.39, 0.29) is 0 Å². The van der Waals surface area contributed by atoms with Crippen LogP contribution in [-0.4, -0.2) is 22.7 Å². The van der Waals surface area contributed by atoms with Crippen molar-refractivity contribution in [2.45, 2.75) is 32.4 Å². The second-order valence-corrected chi connectivity index (χ2v) is 5.38. The van der Waals surface area contributed by atoms with Crippen molar-refractivity contribution in [1.82, 2.24) is 9.97 Å². The molecule has 0 aliphatic carbocycles. The first-order chi connectivity index (χ1) is 11.7. The molecule has 1 heterocycles. The lowest BCUT2D eigenvalue weighted by atomic mass is 10.1. The first-order valence-electron chi connectivity index (χ1n) is 7.97. The number of rotatable bonds is 7. The molecule has 0 aliphatic rings. The molecule has 1 unspecified atom stereocenters. The van der Waals surface area contributed by atoms with E-state index in [1.807, 2.05) is 18.2 Å². The zero-order chi connectivity index (χ0) is 17.2. The van der Waals surface area contributed by atoms with Crippen molar-refractivity contribution >= 4 is 0 Å². The van der Waals surface area contributed by atoms with Gasteiger partial charge in [0.2, 0.25) is 0 Å². The third-order valence-electron chi connectivity index (χ3n) is 3.32. The molecular formula is C20H21FN2O. The Balaban J connectivity index is 2.18. The molecule has 0 saturated heterocycles. The number of unbranched alkanes of at least 4 members (excludes halogenated alkanes) is 1. The van der Waals surface area contributed by atoms with Gasteiger partial charge in [-0.3, -0.25) is 9.97 Å². The van der Waals surface area contributed by atoms with Crippen LogP contribution in [-0.2, 0) is 0 Å². The zero-order valence-corrected chi connectivity index (χ0v) is 13.8. The number of ether oxygens (including phenoxy) is 1. The van der Waals surface area contributed by atoms with Gasteiger partial charge in [0.25, 0.3) is 0 Å². The molecule has 2 aromatic rings. The average Bonchev–Trinajstić information content (AvgIpc) is 2.60. The molecule has 0 radical (unpaired) electrons. The normalized spacial score (nSPS) is 11.2. The highest BCUT2D eigenvalue weighted by atomic mass is 19.1. The van der Waals surface area contributed by atoms with Crippen molar-refractivity contribution in [2.24, 2.45) is 0 Å². The van der Waals surface area contributed by atoms with Crippen LogP contribution < -0.4 is 4.74 Å². The molecule has 0 amide bonds. The predicted octanol–water partition coefficient (Wildman–Crippen LogP) is 4.59. The number of hydrogen-bond donors (Lipinski definition) is 0. The van der Waals surface area contributed by atoms with E-state index in [4.69, 9.17) is 4.74 Å². The highest BCUT2D eigenvalue weighted by molar-refractivity contribution is 5.63. The second kappa shape index (κ2) is 9.46. The van der Waals surface area contributed by atoms with Gasteiger partial charge in [-0.1, -0.05) is 30.6 Å². The summed E-state index contributed by atoms with van der Waals surface area (Å²) in [6, 6.07) is 5.76. The predicted molar refractivity (Wildman–Crippen MR) is 94.5 cm³/mol. The van der Waals surface area contributed by atoms with Crippen LogP contribution in [0.25, 0.3) is 11.3 Å². The Labute approximate surface area is 142 Å². The molecule has 0 spiro atoms. The highest BCUT2D eigenvalue weighted by Gasteiger charge is 2.06. The van der Waals surface area contributed by atoms with Gasteiger partial charge in [-0.25, -0.2) is 4.39 Å². The van der Waals surface area contributed by atoms with E-state index in [2.05, 4.69) is 28.4 Å². The Morgan fingerprint density at radius 1 is 1.38 bits per heavy atom. The molecule has 1 aromatic heterocycles. The monoisotopic (exact) mass is 324 g/mol. The van der Waals surface area contributed by atoms with Crippen LogP contribution in [0.1, 0.15) is 31.7 Å². The lowest BCUT2D eigenvalue weighted by Gasteiger charge is -2.08. The molecular weight excluding hydrogens is 303 g/mol. The summed E-state index contributed by atoms with van der Waals surface area (Å²) in [6.45, 7) is 5.64.